The summed E-state index contributed by atoms with van der Waals surface area (Å²) in [5, 5.41) is 9.79. The average molecular weight is 350 g/mol. The number of anilines is 1. The van der Waals surface area contributed by atoms with E-state index >= 15 is 0 Å². The second kappa shape index (κ2) is 6.12. The first-order valence-electron chi connectivity index (χ1n) is 8.32. The van der Waals surface area contributed by atoms with Gasteiger partial charge in [0.25, 0.3) is 0 Å². The largest absolute Gasteiger partial charge is 0.374 e. The Kier molecular flexibility index (Phi) is 4.43. The molecule has 2 heterocycles. The van der Waals surface area contributed by atoms with Crippen LogP contribution in [0.3, 0.4) is 0 Å². The molecule has 2 unspecified atom stereocenters. The summed E-state index contributed by atoms with van der Waals surface area (Å²) in [4.78, 5) is 9.44. The highest BCUT2D eigenvalue weighted by Gasteiger charge is 2.46. The lowest BCUT2D eigenvalue weighted by atomic mass is 9.82. The van der Waals surface area contributed by atoms with E-state index in [1.54, 1.807) is 0 Å². The second-order valence-corrected chi connectivity index (χ2v) is 8.20. The lowest BCUT2D eigenvalue weighted by Gasteiger charge is -2.52. The highest BCUT2D eigenvalue weighted by atomic mass is 35.5. The molecular formula is C17H24ClN5O. The number of hydrogen-bond donors (Lipinski definition) is 1. The van der Waals surface area contributed by atoms with Gasteiger partial charge < -0.3 is 5.32 Å². The van der Waals surface area contributed by atoms with Crippen LogP contribution in [0, 0.1) is 0 Å². The number of nitrogens with zero attached hydrogens (tertiary/aromatic N) is 4. The van der Waals surface area contributed by atoms with Crippen LogP contribution < -0.4 is 5.32 Å². The molecular weight excluding hydrogens is 326 g/mol. The van der Waals surface area contributed by atoms with Crippen LogP contribution in [-0.4, -0.2) is 22.3 Å². The number of hydrogen-bond acceptors (Lipinski definition) is 4. The van der Waals surface area contributed by atoms with E-state index in [2.05, 4.69) is 48.1 Å². The van der Waals surface area contributed by atoms with Gasteiger partial charge in [0.15, 0.2) is 0 Å². The number of fused-ring (bicyclic) bond motifs is 1. The summed E-state index contributed by atoms with van der Waals surface area (Å²) in [7, 11) is 0. The second-order valence-electron chi connectivity index (χ2n) is 7.79. The van der Waals surface area contributed by atoms with Crippen molar-refractivity contribution in [3.8, 4) is 0 Å². The minimum Gasteiger partial charge on any atom is -0.374 e. The van der Waals surface area contributed by atoms with Crippen LogP contribution in [0.5, 0.6) is 0 Å². The van der Waals surface area contributed by atoms with Gasteiger partial charge in [0.2, 0.25) is 0 Å². The molecule has 0 saturated carbocycles. The third-order valence-electron chi connectivity index (χ3n) is 5.00. The number of hydroxylamine groups is 2. The first-order chi connectivity index (χ1) is 11.3. The zero-order valence-electron chi connectivity index (χ0n) is 14.6. The fourth-order valence-electron chi connectivity index (χ4n) is 3.98. The van der Waals surface area contributed by atoms with Crippen LogP contribution in [0.15, 0.2) is 23.3 Å². The van der Waals surface area contributed by atoms with Crippen molar-refractivity contribution in [3.63, 3.8) is 0 Å². The van der Waals surface area contributed by atoms with Crippen molar-refractivity contribution in [1.82, 2.24) is 5.06 Å². The lowest BCUT2D eigenvalue weighted by molar-refractivity contribution is -0.307. The van der Waals surface area contributed by atoms with Crippen molar-refractivity contribution in [2.45, 2.75) is 70.3 Å². The molecule has 2 aliphatic heterocycles. The summed E-state index contributed by atoms with van der Waals surface area (Å²) < 4.78 is 0. The maximum atomic E-state index is 8.92. The summed E-state index contributed by atoms with van der Waals surface area (Å²) in [6.45, 7) is 8.75. The minimum atomic E-state index is -0.515. The number of azide groups is 1. The van der Waals surface area contributed by atoms with E-state index in [-0.39, 0.29) is 11.1 Å². The third-order valence-corrected chi connectivity index (χ3v) is 5.33. The molecule has 130 valence electrons. The van der Waals surface area contributed by atoms with E-state index < -0.39 is 12.3 Å². The molecule has 24 heavy (non-hydrogen) atoms. The molecule has 2 atom stereocenters. The Morgan fingerprint density at radius 2 is 1.96 bits per heavy atom. The summed E-state index contributed by atoms with van der Waals surface area (Å²) in [6.07, 6.45) is 2.32. The zero-order chi connectivity index (χ0) is 17.5. The monoisotopic (exact) mass is 349 g/mol. The van der Waals surface area contributed by atoms with E-state index in [9.17, 15) is 0 Å². The predicted molar refractivity (Wildman–Crippen MR) is 95.7 cm³/mol. The molecule has 6 nitrogen and oxygen atoms in total. The molecule has 0 amide bonds. The number of benzene rings is 1. The van der Waals surface area contributed by atoms with Crippen molar-refractivity contribution >= 4 is 17.3 Å². The highest BCUT2D eigenvalue weighted by molar-refractivity contribution is 6.31. The first-order valence-corrected chi connectivity index (χ1v) is 8.70. The molecule has 1 aromatic rings. The summed E-state index contributed by atoms with van der Waals surface area (Å²) in [5.74, 6) is 0. The molecule has 0 aromatic heterocycles. The van der Waals surface area contributed by atoms with E-state index in [1.807, 2.05) is 18.2 Å². The molecule has 0 spiro atoms. The maximum absolute atomic E-state index is 8.92. The SMILES string of the molecule is CC1(C)CCCC(C)(C)N1OC1c2c(Cl)cccc2NC1N=[N+]=[N-]. The van der Waals surface area contributed by atoms with Crippen molar-refractivity contribution in [2.24, 2.45) is 5.11 Å². The summed E-state index contributed by atoms with van der Waals surface area (Å²) in [5.41, 5.74) is 10.4. The maximum Gasteiger partial charge on any atom is 0.138 e. The van der Waals surface area contributed by atoms with Gasteiger partial charge in [-0.25, -0.2) is 0 Å². The molecule has 3 rings (SSSR count). The molecule has 1 saturated heterocycles. The Balaban J connectivity index is 1.99. The van der Waals surface area contributed by atoms with Gasteiger partial charge in [-0.1, -0.05) is 22.8 Å². The number of rotatable bonds is 3. The molecule has 7 heteroatoms. The molecule has 1 fully saturated rings. The van der Waals surface area contributed by atoms with E-state index in [0.29, 0.717) is 5.02 Å². The summed E-state index contributed by atoms with van der Waals surface area (Å²) in [6, 6.07) is 5.64. The van der Waals surface area contributed by atoms with Gasteiger partial charge in [-0.3, -0.25) is 4.84 Å². The normalized spacial score (nSPS) is 27.9. The van der Waals surface area contributed by atoms with Crippen molar-refractivity contribution in [2.75, 3.05) is 5.32 Å². The first kappa shape index (κ1) is 17.4. The van der Waals surface area contributed by atoms with Crippen molar-refractivity contribution < 1.29 is 4.84 Å². The fraction of sp³-hybridized carbons (Fsp3) is 0.647. The quantitative estimate of drug-likeness (QED) is 0.450. The molecule has 1 aromatic carbocycles. The van der Waals surface area contributed by atoms with Crippen LogP contribution in [-0.2, 0) is 4.84 Å². The Morgan fingerprint density at radius 3 is 2.58 bits per heavy atom. The standard InChI is InChI=1S/C17H24ClN5O/c1-16(2)9-6-10-17(3,4)23(16)24-14-13-11(18)7-5-8-12(13)20-15(14)21-22-19/h5,7-8,14-15,20H,6,9-10H2,1-4H3. The third kappa shape index (κ3) is 2.95. The van der Waals surface area contributed by atoms with Crippen LogP contribution in [0.1, 0.15) is 58.6 Å². The molecule has 0 radical (unpaired) electrons. The van der Waals surface area contributed by atoms with E-state index in [4.69, 9.17) is 22.0 Å². The number of nitrogens with one attached hydrogen (secondary N) is 1. The van der Waals surface area contributed by atoms with Crippen molar-refractivity contribution in [1.29, 1.82) is 0 Å². The molecule has 1 N–H and O–H groups in total. The summed E-state index contributed by atoms with van der Waals surface area (Å²) >= 11 is 6.42. The molecule has 0 bridgehead atoms. The topological polar surface area (TPSA) is 73.3 Å². The number of halogens is 1. The zero-order valence-corrected chi connectivity index (χ0v) is 15.3. The minimum absolute atomic E-state index is 0.104. The van der Waals surface area contributed by atoms with Crippen LogP contribution in [0.2, 0.25) is 5.02 Å². The van der Waals surface area contributed by atoms with E-state index in [1.165, 1.54) is 6.42 Å². The fourth-order valence-corrected chi connectivity index (χ4v) is 4.26. The Labute approximate surface area is 147 Å². The van der Waals surface area contributed by atoms with Crippen LogP contribution in [0.4, 0.5) is 5.69 Å². The highest BCUT2D eigenvalue weighted by Crippen LogP contribution is 2.46. The van der Waals surface area contributed by atoms with Crippen LogP contribution >= 0.6 is 11.6 Å². The molecule has 0 aliphatic carbocycles. The van der Waals surface area contributed by atoms with Gasteiger partial charge in [-0.2, -0.15) is 5.06 Å². The lowest BCUT2D eigenvalue weighted by Crippen LogP contribution is -2.58. The predicted octanol–water partition coefficient (Wildman–Crippen LogP) is 5.42. The van der Waals surface area contributed by atoms with Gasteiger partial charge >= 0.3 is 0 Å². The molecule has 2 aliphatic rings. The smallest absolute Gasteiger partial charge is 0.138 e. The van der Waals surface area contributed by atoms with Gasteiger partial charge in [0.1, 0.15) is 12.3 Å². The van der Waals surface area contributed by atoms with Crippen molar-refractivity contribution in [3.05, 3.63) is 39.2 Å². The Hall–Kier alpha value is -1.46. The van der Waals surface area contributed by atoms with Gasteiger partial charge in [-0.05, 0) is 64.6 Å². The van der Waals surface area contributed by atoms with E-state index in [0.717, 1.165) is 24.1 Å². The average Bonchev–Trinajstić information content (AvgIpc) is 2.82. The van der Waals surface area contributed by atoms with Gasteiger partial charge in [0, 0.05) is 32.3 Å². The van der Waals surface area contributed by atoms with Gasteiger partial charge in [0.05, 0.1) is 0 Å². The van der Waals surface area contributed by atoms with Gasteiger partial charge in [-0.15, -0.1) is 0 Å². The Morgan fingerprint density at radius 1 is 1.29 bits per heavy atom. The van der Waals surface area contributed by atoms with Crippen LogP contribution in [0.25, 0.3) is 10.4 Å². The Bertz CT molecular complexity index is 668. The number of piperidine rings is 1.